The number of aromatic nitrogens is 1. The summed E-state index contributed by atoms with van der Waals surface area (Å²) in [7, 11) is -3.73. The highest BCUT2D eigenvalue weighted by Crippen LogP contribution is 2.32. The van der Waals surface area contributed by atoms with Crippen molar-refractivity contribution in [1.82, 2.24) is 9.71 Å². The number of benzene rings is 2. The maximum absolute atomic E-state index is 13.3. The molecule has 2 aromatic heterocycles. The Kier molecular flexibility index (Phi) is 6.45. The van der Waals surface area contributed by atoms with Crippen LogP contribution in [0.3, 0.4) is 0 Å². The number of nitrogens with zero attached hydrogens (tertiary/aromatic N) is 1. The number of carbonyl (C=O) groups excluding carboxylic acids is 1. The summed E-state index contributed by atoms with van der Waals surface area (Å²) in [5, 5.41) is 3.74. The largest absolute Gasteiger partial charge is 0.455 e. The Morgan fingerprint density at radius 1 is 1.09 bits per heavy atom. The van der Waals surface area contributed by atoms with E-state index in [1.165, 1.54) is 6.07 Å². The van der Waals surface area contributed by atoms with Gasteiger partial charge in [0.15, 0.2) is 5.43 Å². The zero-order valence-corrected chi connectivity index (χ0v) is 20.6. The highest BCUT2D eigenvalue weighted by molar-refractivity contribution is 7.89. The van der Waals surface area contributed by atoms with Crippen molar-refractivity contribution in [3.8, 4) is 11.3 Å². The number of carbonyl (C=O) groups is 1. The average Bonchev–Trinajstić information content (AvgIpc) is 2.81. The molecule has 1 atom stereocenters. The molecular formula is C26H25N3O5S. The van der Waals surface area contributed by atoms with Gasteiger partial charge in [0.25, 0.3) is 5.91 Å². The fraction of sp³-hybridized carbons (Fsp3) is 0.192. The van der Waals surface area contributed by atoms with Gasteiger partial charge >= 0.3 is 0 Å². The SMILES string of the molecule is Cc1cc(C(C)Nc2ccccc2C(=O)NS(C)(=O)=O)c2oc(-c3cccnc3)c(C)c(=O)c2c1. The van der Waals surface area contributed by atoms with Crippen LogP contribution in [0.4, 0.5) is 5.69 Å². The Bertz CT molecular complexity index is 1600. The standard InChI is InChI=1S/C26H25N3O5S/c1-15-12-20(17(3)28-22-10-6-5-9-19(22)26(31)29-35(4,32)33)25-21(13-15)23(30)16(2)24(34-25)18-8-7-11-27-14-18/h5-14,17,28H,1-4H3,(H,29,31). The van der Waals surface area contributed by atoms with Crippen LogP contribution in [0.15, 0.2) is 70.1 Å². The fourth-order valence-corrected chi connectivity index (χ4v) is 4.45. The van der Waals surface area contributed by atoms with Crippen LogP contribution < -0.4 is 15.5 Å². The Morgan fingerprint density at radius 2 is 1.83 bits per heavy atom. The van der Waals surface area contributed by atoms with Crippen LogP contribution in [0.2, 0.25) is 0 Å². The molecule has 2 heterocycles. The van der Waals surface area contributed by atoms with Crippen molar-refractivity contribution in [2.75, 3.05) is 11.6 Å². The normalized spacial score (nSPS) is 12.3. The quantitative estimate of drug-likeness (QED) is 0.412. The van der Waals surface area contributed by atoms with Crippen molar-refractivity contribution in [2.45, 2.75) is 26.8 Å². The molecule has 0 aliphatic carbocycles. The molecule has 0 saturated heterocycles. The maximum atomic E-state index is 13.3. The first-order valence-electron chi connectivity index (χ1n) is 10.9. The number of pyridine rings is 1. The number of amides is 1. The molecule has 0 aliphatic rings. The number of fused-ring (bicyclic) bond motifs is 1. The lowest BCUT2D eigenvalue weighted by Crippen LogP contribution is -2.30. The highest BCUT2D eigenvalue weighted by atomic mass is 32.2. The zero-order valence-electron chi connectivity index (χ0n) is 19.7. The molecule has 4 rings (SSSR count). The number of anilines is 1. The van der Waals surface area contributed by atoms with Gasteiger partial charge in [-0.05, 0) is 56.7 Å². The summed E-state index contributed by atoms with van der Waals surface area (Å²) in [4.78, 5) is 30.0. The zero-order chi connectivity index (χ0) is 25.3. The molecule has 0 fully saturated rings. The van der Waals surface area contributed by atoms with Gasteiger partial charge < -0.3 is 9.73 Å². The number of rotatable bonds is 6. The molecule has 35 heavy (non-hydrogen) atoms. The van der Waals surface area contributed by atoms with E-state index in [4.69, 9.17) is 4.42 Å². The Hall–Kier alpha value is -3.98. The smallest absolute Gasteiger partial charge is 0.266 e. The van der Waals surface area contributed by atoms with Crippen LogP contribution in [0.5, 0.6) is 0 Å². The van der Waals surface area contributed by atoms with Crippen LogP contribution in [-0.2, 0) is 10.0 Å². The van der Waals surface area contributed by atoms with Gasteiger partial charge in [-0.15, -0.1) is 0 Å². The van der Waals surface area contributed by atoms with E-state index in [-0.39, 0.29) is 11.0 Å². The van der Waals surface area contributed by atoms with E-state index >= 15 is 0 Å². The number of hydrogen-bond acceptors (Lipinski definition) is 7. The predicted octanol–water partition coefficient (Wildman–Crippen LogP) is 4.33. The minimum absolute atomic E-state index is 0.129. The van der Waals surface area contributed by atoms with E-state index < -0.39 is 22.0 Å². The van der Waals surface area contributed by atoms with Crippen molar-refractivity contribution in [3.63, 3.8) is 0 Å². The second-order valence-corrected chi connectivity index (χ2v) is 10.2. The van der Waals surface area contributed by atoms with Gasteiger partial charge in [0, 0.05) is 34.8 Å². The lowest BCUT2D eigenvalue weighted by atomic mass is 9.98. The summed E-state index contributed by atoms with van der Waals surface area (Å²) in [5.41, 5.74) is 3.71. The van der Waals surface area contributed by atoms with Crippen molar-refractivity contribution in [3.05, 3.63) is 93.4 Å². The molecule has 180 valence electrons. The van der Waals surface area contributed by atoms with Crippen molar-refractivity contribution in [1.29, 1.82) is 0 Å². The molecule has 0 bridgehead atoms. The molecule has 0 aliphatic heterocycles. The third-order valence-corrected chi connectivity index (χ3v) is 6.16. The van der Waals surface area contributed by atoms with Crippen LogP contribution in [0.25, 0.3) is 22.3 Å². The monoisotopic (exact) mass is 491 g/mol. The van der Waals surface area contributed by atoms with Gasteiger partial charge in [0.2, 0.25) is 10.0 Å². The van der Waals surface area contributed by atoms with Gasteiger partial charge in [0.05, 0.1) is 23.2 Å². The van der Waals surface area contributed by atoms with E-state index in [2.05, 4.69) is 10.3 Å². The average molecular weight is 492 g/mol. The molecular weight excluding hydrogens is 466 g/mol. The van der Waals surface area contributed by atoms with E-state index in [1.807, 2.05) is 30.7 Å². The Balaban J connectivity index is 1.82. The predicted molar refractivity (Wildman–Crippen MR) is 136 cm³/mol. The van der Waals surface area contributed by atoms with Gasteiger partial charge in [-0.1, -0.05) is 18.2 Å². The fourth-order valence-electron chi connectivity index (χ4n) is 4.00. The summed E-state index contributed by atoms with van der Waals surface area (Å²) >= 11 is 0. The molecule has 0 radical (unpaired) electrons. The lowest BCUT2D eigenvalue weighted by Gasteiger charge is -2.20. The van der Waals surface area contributed by atoms with Crippen molar-refractivity contribution in [2.24, 2.45) is 0 Å². The van der Waals surface area contributed by atoms with E-state index in [1.54, 1.807) is 49.6 Å². The molecule has 9 heteroatoms. The molecule has 4 aromatic rings. The van der Waals surface area contributed by atoms with E-state index in [9.17, 15) is 18.0 Å². The summed E-state index contributed by atoms with van der Waals surface area (Å²) in [6, 6.07) is 13.5. The topological polar surface area (TPSA) is 118 Å². The molecule has 1 unspecified atom stereocenters. The highest BCUT2D eigenvalue weighted by Gasteiger charge is 2.21. The number of nitrogens with one attached hydrogen (secondary N) is 2. The first-order chi connectivity index (χ1) is 16.5. The maximum Gasteiger partial charge on any atom is 0.266 e. The van der Waals surface area contributed by atoms with E-state index in [0.717, 1.165) is 17.4 Å². The lowest BCUT2D eigenvalue weighted by molar-refractivity contribution is 0.0982. The number of aryl methyl sites for hydroxylation is 1. The summed E-state index contributed by atoms with van der Waals surface area (Å²) in [6.45, 7) is 5.50. The molecule has 2 aromatic carbocycles. The minimum Gasteiger partial charge on any atom is -0.455 e. The second-order valence-electron chi connectivity index (χ2n) is 8.47. The van der Waals surface area contributed by atoms with Gasteiger partial charge in [-0.25, -0.2) is 13.1 Å². The van der Waals surface area contributed by atoms with Gasteiger partial charge in [-0.3, -0.25) is 14.6 Å². The minimum atomic E-state index is -3.73. The third kappa shape index (κ3) is 5.09. The summed E-state index contributed by atoms with van der Waals surface area (Å²) in [6.07, 6.45) is 4.21. The number of hydrogen-bond donors (Lipinski definition) is 2. The van der Waals surface area contributed by atoms with E-state index in [0.29, 0.717) is 33.5 Å². The number of para-hydroxylation sites is 1. The van der Waals surface area contributed by atoms with Gasteiger partial charge in [0.1, 0.15) is 11.3 Å². The summed E-state index contributed by atoms with van der Waals surface area (Å²) < 4.78 is 31.4. The molecule has 0 saturated carbocycles. The Morgan fingerprint density at radius 3 is 2.51 bits per heavy atom. The first-order valence-corrected chi connectivity index (χ1v) is 12.8. The van der Waals surface area contributed by atoms with Crippen LogP contribution in [0, 0.1) is 13.8 Å². The molecule has 8 nitrogen and oxygen atoms in total. The summed E-state index contributed by atoms with van der Waals surface area (Å²) in [5.74, 6) is -0.293. The van der Waals surface area contributed by atoms with Crippen LogP contribution in [-0.4, -0.2) is 25.6 Å². The first kappa shape index (κ1) is 24.2. The van der Waals surface area contributed by atoms with Crippen molar-refractivity contribution < 1.29 is 17.6 Å². The molecule has 2 N–H and O–H groups in total. The van der Waals surface area contributed by atoms with Crippen molar-refractivity contribution >= 4 is 32.6 Å². The third-order valence-electron chi connectivity index (χ3n) is 5.60. The van der Waals surface area contributed by atoms with Crippen LogP contribution >= 0.6 is 0 Å². The molecule has 0 spiro atoms. The number of sulfonamides is 1. The van der Waals surface area contributed by atoms with Gasteiger partial charge in [-0.2, -0.15) is 0 Å². The Labute approximate surface area is 203 Å². The molecule has 1 amide bonds. The second kappa shape index (κ2) is 9.34. The van der Waals surface area contributed by atoms with Crippen LogP contribution in [0.1, 0.15) is 40.0 Å².